The fourth-order valence-electron chi connectivity index (χ4n) is 3.78. The average Bonchev–Trinajstić information content (AvgIpc) is 3.23. The number of nitrogens with zero attached hydrogens (tertiary/aromatic N) is 2. The van der Waals surface area contributed by atoms with Crippen molar-refractivity contribution >= 4 is 73.1 Å². The van der Waals surface area contributed by atoms with Crippen molar-refractivity contribution in [3.63, 3.8) is 0 Å². The van der Waals surface area contributed by atoms with Crippen LogP contribution in [0.25, 0.3) is 5.57 Å². The number of fused-ring (bicyclic) bond motifs is 1. The summed E-state index contributed by atoms with van der Waals surface area (Å²) in [5, 5.41) is 2.18. The van der Waals surface area contributed by atoms with Crippen molar-refractivity contribution in [1.82, 2.24) is 4.90 Å². The highest BCUT2D eigenvalue weighted by Crippen LogP contribution is 2.44. The highest BCUT2D eigenvalue weighted by atomic mass is 32.2. The quantitative estimate of drug-likeness (QED) is 0.308. The minimum atomic E-state index is -4.71. The molecule has 0 aliphatic carbocycles. The van der Waals surface area contributed by atoms with Crippen molar-refractivity contribution in [2.24, 2.45) is 0 Å². The monoisotopic (exact) mass is 571 g/mol. The molecule has 194 valence electrons. The van der Waals surface area contributed by atoms with E-state index in [-0.39, 0.29) is 20.5 Å². The largest absolute Gasteiger partial charge is 0.418 e. The van der Waals surface area contributed by atoms with Crippen molar-refractivity contribution in [2.75, 3.05) is 29.1 Å². The summed E-state index contributed by atoms with van der Waals surface area (Å²) in [5.74, 6) is -3.17. The van der Waals surface area contributed by atoms with Gasteiger partial charge in [-0.2, -0.15) is 21.6 Å². The molecule has 2 heterocycles. The predicted octanol–water partition coefficient (Wildman–Crippen LogP) is 3.15. The first-order valence-electron chi connectivity index (χ1n) is 10.4. The van der Waals surface area contributed by atoms with Gasteiger partial charge in [-0.1, -0.05) is 54.3 Å². The summed E-state index contributed by atoms with van der Waals surface area (Å²) in [4.78, 5) is 41.0. The smallest absolute Gasteiger partial charge is 0.324 e. The van der Waals surface area contributed by atoms with Gasteiger partial charge in [0.1, 0.15) is 10.9 Å². The molecular weight excluding hydrogens is 555 g/mol. The number of benzene rings is 2. The Morgan fingerprint density at radius 3 is 2.35 bits per heavy atom. The Hall–Kier alpha value is -3.27. The van der Waals surface area contributed by atoms with E-state index in [9.17, 15) is 36.0 Å². The SMILES string of the molecule is O=C(CN1C(=O)/C(=C2\SC(=S)N(CCS(=O)(=O)O)C2=O)c2ccccc21)Nc1ccccc1C(F)(F)F. The molecule has 0 aromatic heterocycles. The highest BCUT2D eigenvalue weighted by molar-refractivity contribution is 8.26. The summed E-state index contributed by atoms with van der Waals surface area (Å²) in [5.41, 5.74) is -1.05. The highest BCUT2D eigenvalue weighted by Gasteiger charge is 2.42. The number of rotatable bonds is 6. The molecule has 2 aromatic carbocycles. The maximum atomic E-state index is 13.4. The van der Waals surface area contributed by atoms with Crippen molar-refractivity contribution in [3.05, 3.63) is 64.6 Å². The van der Waals surface area contributed by atoms with Crippen LogP contribution in [0.4, 0.5) is 24.5 Å². The van der Waals surface area contributed by atoms with Gasteiger partial charge < -0.3 is 5.32 Å². The van der Waals surface area contributed by atoms with Gasteiger partial charge in [0, 0.05) is 12.1 Å². The van der Waals surface area contributed by atoms with Crippen molar-refractivity contribution in [3.8, 4) is 0 Å². The molecule has 0 unspecified atom stereocenters. The van der Waals surface area contributed by atoms with E-state index in [1.165, 1.54) is 24.3 Å². The predicted molar refractivity (Wildman–Crippen MR) is 134 cm³/mol. The van der Waals surface area contributed by atoms with Crippen LogP contribution in [-0.2, 0) is 30.7 Å². The van der Waals surface area contributed by atoms with Crippen molar-refractivity contribution in [2.45, 2.75) is 6.18 Å². The van der Waals surface area contributed by atoms with E-state index in [4.69, 9.17) is 16.8 Å². The number of thioether (sulfide) groups is 1. The Morgan fingerprint density at radius 2 is 1.68 bits per heavy atom. The zero-order chi connectivity index (χ0) is 27.1. The van der Waals surface area contributed by atoms with E-state index in [1.807, 2.05) is 0 Å². The summed E-state index contributed by atoms with van der Waals surface area (Å²) >= 11 is 5.91. The molecule has 1 fully saturated rings. The number of alkyl halides is 3. The number of anilines is 2. The summed E-state index contributed by atoms with van der Waals surface area (Å²) in [7, 11) is -4.38. The van der Waals surface area contributed by atoms with Gasteiger partial charge >= 0.3 is 6.18 Å². The van der Waals surface area contributed by atoms with Gasteiger partial charge in [-0.15, -0.1) is 0 Å². The van der Waals surface area contributed by atoms with Crippen LogP contribution in [0.3, 0.4) is 0 Å². The second kappa shape index (κ2) is 9.89. The molecule has 0 saturated carbocycles. The number of para-hydroxylation sites is 2. The third-order valence-corrected chi connectivity index (χ3v) is 7.53. The van der Waals surface area contributed by atoms with Gasteiger partial charge in [0.15, 0.2) is 0 Å². The van der Waals surface area contributed by atoms with Crippen LogP contribution >= 0.6 is 24.0 Å². The lowest BCUT2D eigenvalue weighted by atomic mass is 10.1. The number of nitrogens with one attached hydrogen (secondary N) is 1. The molecule has 9 nitrogen and oxygen atoms in total. The molecule has 3 amide bonds. The summed E-state index contributed by atoms with van der Waals surface area (Å²) in [6, 6.07) is 10.6. The summed E-state index contributed by atoms with van der Waals surface area (Å²) < 4.78 is 71.0. The van der Waals surface area contributed by atoms with Crippen LogP contribution < -0.4 is 10.2 Å². The maximum absolute atomic E-state index is 13.4. The summed E-state index contributed by atoms with van der Waals surface area (Å²) in [6.45, 7) is -1.07. The topological polar surface area (TPSA) is 124 Å². The fraction of sp³-hybridized carbons (Fsp3) is 0.182. The molecule has 0 bridgehead atoms. The molecule has 2 aromatic rings. The minimum absolute atomic E-state index is 0.0265. The lowest BCUT2D eigenvalue weighted by Gasteiger charge is -2.18. The molecule has 0 radical (unpaired) electrons. The first-order chi connectivity index (χ1) is 17.3. The van der Waals surface area contributed by atoms with Crippen molar-refractivity contribution in [1.29, 1.82) is 0 Å². The molecule has 4 rings (SSSR count). The molecule has 0 spiro atoms. The Balaban J connectivity index is 1.63. The number of amides is 3. The molecule has 2 aliphatic heterocycles. The standard InChI is InChI=1S/C22H16F3N3O6S3/c23-22(24,25)13-6-2-3-7-14(13)26-16(29)11-28-15-8-4-1-5-12(15)17(19(28)30)18-20(31)27(21(35)36-18)9-10-37(32,33)34/h1-8H,9-11H2,(H,26,29)(H,32,33,34)/b18-17-. The van der Waals surface area contributed by atoms with Crippen LogP contribution in [0, 0.1) is 0 Å². The molecule has 0 atom stereocenters. The lowest BCUT2D eigenvalue weighted by Crippen LogP contribution is -2.36. The van der Waals surface area contributed by atoms with Gasteiger partial charge in [-0.05, 0) is 18.2 Å². The number of carbonyl (C=O) groups is 3. The van der Waals surface area contributed by atoms with Gasteiger partial charge in [0.25, 0.3) is 21.9 Å². The fourth-order valence-corrected chi connectivity index (χ4v) is 5.57. The number of hydrogen-bond donors (Lipinski definition) is 2. The van der Waals surface area contributed by atoms with Crippen molar-refractivity contribution < 1.29 is 40.5 Å². The van der Waals surface area contributed by atoms with Crippen LogP contribution in [0.15, 0.2) is 53.4 Å². The number of thiocarbonyl (C=S) groups is 1. The normalized spacial score (nSPS) is 18.0. The van der Waals surface area contributed by atoms with E-state index < -0.39 is 64.1 Å². The number of halogens is 3. The first kappa shape index (κ1) is 26.8. The third-order valence-electron chi connectivity index (χ3n) is 5.38. The second-order valence-corrected chi connectivity index (χ2v) is 11.0. The van der Waals surface area contributed by atoms with E-state index in [2.05, 4.69) is 5.32 Å². The van der Waals surface area contributed by atoms with E-state index in [0.29, 0.717) is 5.56 Å². The van der Waals surface area contributed by atoms with Gasteiger partial charge in [-0.25, -0.2) is 0 Å². The first-order valence-corrected chi connectivity index (χ1v) is 13.2. The van der Waals surface area contributed by atoms with Crippen LogP contribution in [0.5, 0.6) is 0 Å². The second-order valence-electron chi connectivity index (χ2n) is 7.81. The Morgan fingerprint density at radius 1 is 1.03 bits per heavy atom. The zero-order valence-electron chi connectivity index (χ0n) is 18.5. The van der Waals surface area contributed by atoms with E-state index in [1.54, 1.807) is 12.1 Å². The van der Waals surface area contributed by atoms with Crippen LogP contribution in [0.1, 0.15) is 11.1 Å². The maximum Gasteiger partial charge on any atom is 0.418 e. The van der Waals surface area contributed by atoms with Gasteiger partial charge in [0.2, 0.25) is 5.91 Å². The van der Waals surface area contributed by atoms with Crippen LogP contribution in [0.2, 0.25) is 0 Å². The molecule has 2 N–H and O–H groups in total. The van der Waals surface area contributed by atoms with Crippen LogP contribution in [-0.4, -0.2) is 58.8 Å². The Kier molecular flexibility index (Phi) is 7.16. The van der Waals surface area contributed by atoms with Gasteiger partial charge in [-0.3, -0.25) is 28.7 Å². The van der Waals surface area contributed by atoms with E-state index >= 15 is 0 Å². The average molecular weight is 572 g/mol. The molecule has 2 aliphatic rings. The zero-order valence-corrected chi connectivity index (χ0v) is 20.9. The molecule has 1 saturated heterocycles. The number of carbonyl (C=O) groups excluding carboxylic acids is 3. The molecule has 15 heteroatoms. The van der Waals surface area contributed by atoms with E-state index in [0.717, 1.165) is 33.7 Å². The Labute approximate surface area is 218 Å². The third kappa shape index (κ3) is 5.53. The minimum Gasteiger partial charge on any atom is -0.324 e. The molecular formula is C22H16F3N3O6S3. The number of hydrogen-bond acceptors (Lipinski definition) is 7. The van der Waals surface area contributed by atoms with Gasteiger partial charge in [0.05, 0.1) is 33.2 Å². The molecule has 37 heavy (non-hydrogen) atoms. The summed E-state index contributed by atoms with van der Waals surface area (Å²) in [6.07, 6.45) is -4.71. The Bertz CT molecular complexity index is 1470. The lowest BCUT2D eigenvalue weighted by molar-refractivity contribution is -0.137.